The number of amides is 1. The van der Waals surface area contributed by atoms with Gasteiger partial charge < -0.3 is 4.90 Å². The number of aryl methyl sites for hydroxylation is 1. The number of nitrogens with one attached hydrogen (secondary N) is 1. The van der Waals surface area contributed by atoms with E-state index in [1.807, 2.05) is 30.2 Å². The van der Waals surface area contributed by atoms with Crippen molar-refractivity contribution in [1.82, 2.24) is 15.1 Å². The lowest BCUT2D eigenvalue weighted by Crippen LogP contribution is -2.34. The lowest BCUT2D eigenvalue weighted by atomic mass is 9.95. The van der Waals surface area contributed by atoms with Gasteiger partial charge in [-0.1, -0.05) is 37.6 Å². The van der Waals surface area contributed by atoms with Crippen LogP contribution < -0.4 is 0 Å². The molecule has 2 aromatic rings. The molecule has 7 heteroatoms. The molecule has 0 bridgehead atoms. The maximum atomic E-state index is 14.0. The van der Waals surface area contributed by atoms with Crippen molar-refractivity contribution in [2.24, 2.45) is 0 Å². The van der Waals surface area contributed by atoms with Crippen molar-refractivity contribution >= 4 is 5.91 Å². The van der Waals surface area contributed by atoms with Gasteiger partial charge in [0.05, 0.1) is 0 Å². The number of hydrogen-bond donors (Lipinski definition) is 1. The van der Waals surface area contributed by atoms with Crippen LogP contribution in [0.25, 0.3) is 0 Å². The van der Waals surface area contributed by atoms with Gasteiger partial charge in [0.25, 0.3) is 12.3 Å². The van der Waals surface area contributed by atoms with E-state index < -0.39 is 29.5 Å². The average Bonchev–Trinajstić information content (AvgIpc) is 3.33. The van der Waals surface area contributed by atoms with Gasteiger partial charge in [0.2, 0.25) is 5.95 Å². The molecule has 26 heavy (non-hydrogen) atoms. The third-order valence-corrected chi connectivity index (χ3v) is 4.68. The number of carbonyl (C=O) groups excluding carboxylic acids is 1. The zero-order chi connectivity index (χ0) is 19.0. The first kappa shape index (κ1) is 18.5. The second-order valence-corrected chi connectivity index (χ2v) is 7.12. The monoisotopic (exact) mass is 365 g/mol. The molecule has 0 spiro atoms. The van der Waals surface area contributed by atoms with Crippen LogP contribution in [0, 0.1) is 12.9 Å². The zero-order valence-electron chi connectivity index (χ0n) is 15.0. The zero-order valence-corrected chi connectivity index (χ0v) is 15.0. The standard InChI is InChI=1S/C19H22F3N3O/c1-10(2)14-7-4-11(3)8-12(14)9-25(13-5-6-13)19(26)15-16(17(20)21)23-24-18(15)22/h4,7-8,10,13,17H,5-6,9H2,1-3H3,(H,23,24). The molecule has 1 saturated carbocycles. The summed E-state index contributed by atoms with van der Waals surface area (Å²) < 4.78 is 40.2. The van der Waals surface area contributed by atoms with Gasteiger partial charge in [0.1, 0.15) is 11.3 Å². The lowest BCUT2D eigenvalue weighted by Gasteiger charge is -2.25. The third kappa shape index (κ3) is 3.61. The van der Waals surface area contributed by atoms with Gasteiger partial charge >= 0.3 is 0 Å². The molecule has 1 aliphatic rings. The van der Waals surface area contributed by atoms with Crippen LogP contribution >= 0.6 is 0 Å². The first-order chi connectivity index (χ1) is 12.3. The Morgan fingerprint density at radius 1 is 1.35 bits per heavy atom. The van der Waals surface area contributed by atoms with Gasteiger partial charge in [-0.25, -0.2) is 8.78 Å². The Hall–Kier alpha value is -2.31. The van der Waals surface area contributed by atoms with Gasteiger partial charge in [-0.3, -0.25) is 9.89 Å². The van der Waals surface area contributed by atoms with E-state index in [0.29, 0.717) is 0 Å². The van der Waals surface area contributed by atoms with Crippen LogP contribution in [0.15, 0.2) is 18.2 Å². The maximum Gasteiger partial charge on any atom is 0.283 e. The SMILES string of the molecule is Cc1ccc(C(C)C)c(CN(C(=O)c2c(C(F)F)n[nH]c2F)C2CC2)c1. The highest BCUT2D eigenvalue weighted by Crippen LogP contribution is 2.33. The first-order valence-electron chi connectivity index (χ1n) is 8.71. The molecule has 140 valence electrons. The van der Waals surface area contributed by atoms with Crippen LogP contribution in [0.1, 0.15) is 71.8 Å². The fourth-order valence-corrected chi connectivity index (χ4v) is 3.21. The van der Waals surface area contributed by atoms with E-state index in [4.69, 9.17) is 0 Å². The number of alkyl halides is 2. The molecule has 1 heterocycles. The Kier molecular flexibility index (Phi) is 5.07. The highest BCUT2D eigenvalue weighted by molar-refractivity contribution is 5.95. The summed E-state index contributed by atoms with van der Waals surface area (Å²) in [6, 6.07) is 5.97. The van der Waals surface area contributed by atoms with Crippen molar-refractivity contribution in [3.05, 3.63) is 52.1 Å². The predicted octanol–water partition coefficient (Wildman–Crippen LogP) is 4.72. The molecule has 3 rings (SSSR count). The fraction of sp³-hybridized carbons (Fsp3) is 0.474. The smallest absolute Gasteiger partial charge is 0.283 e. The quantitative estimate of drug-likeness (QED) is 0.805. The van der Waals surface area contributed by atoms with Crippen LogP contribution in [0.4, 0.5) is 13.2 Å². The second-order valence-electron chi connectivity index (χ2n) is 7.12. The number of benzene rings is 1. The third-order valence-electron chi connectivity index (χ3n) is 4.68. The molecule has 0 saturated heterocycles. The summed E-state index contributed by atoms with van der Waals surface area (Å²) in [5.74, 6) is -1.58. The molecular formula is C19H22F3N3O. The molecule has 1 aromatic carbocycles. The van der Waals surface area contributed by atoms with E-state index in [9.17, 15) is 18.0 Å². The highest BCUT2D eigenvalue weighted by atomic mass is 19.3. The number of aromatic nitrogens is 2. The molecular weight excluding hydrogens is 343 g/mol. The summed E-state index contributed by atoms with van der Waals surface area (Å²) in [4.78, 5) is 14.4. The number of H-pyrrole nitrogens is 1. The van der Waals surface area contributed by atoms with Crippen LogP contribution in [-0.2, 0) is 6.54 Å². The van der Waals surface area contributed by atoms with Crippen LogP contribution in [-0.4, -0.2) is 27.0 Å². The van der Waals surface area contributed by atoms with Crippen LogP contribution in [0.5, 0.6) is 0 Å². The topological polar surface area (TPSA) is 49.0 Å². The van der Waals surface area contributed by atoms with E-state index >= 15 is 0 Å². The van der Waals surface area contributed by atoms with Crippen LogP contribution in [0.3, 0.4) is 0 Å². The van der Waals surface area contributed by atoms with Gasteiger partial charge in [-0.05, 0) is 36.8 Å². The molecule has 4 nitrogen and oxygen atoms in total. The largest absolute Gasteiger partial charge is 0.331 e. The minimum atomic E-state index is -3.01. The summed E-state index contributed by atoms with van der Waals surface area (Å²) >= 11 is 0. The summed E-state index contributed by atoms with van der Waals surface area (Å²) in [5, 5.41) is 5.14. The number of carbonyl (C=O) groups is 1. The highest BCUT2D eigenvalue weighted by Gasteiger charge is 2.37. The van der Waals surface area contributed by atoms with Crippen molar-refractivity contribution in [2.45, 2.75) is 58.5 Å². The number of hydrogen-bond acceptors (Lipinski definition) is 2. The Labute approximate surface area is 150 Å². The minimum absolute atomic E-state index is 0.0529. The van der Waals surface area contributed by atoms with E-state index in [0.717, 1.165) is 29.5 Å². The second kappa shape index (κ2) is 7.13. The summed E-state index contributed by atoms with van der Waals surface area (Å²) in [6.45, 7) is 6.34. The molecule has 0 radical (unpaired) electrons. The van der Waals surface area contributed by atoms with Crippen molar-refractivity contribution in [3.8, 4) is 0 Å². The average molecular weight is 365 g/mol. The predicted molar refractivity (Wildman–Crippen MR) is 91.7 cm³/mol. The first-order valence-corrected chi connectivity index (χ1v) is 8.71. The number of aromatic amines is 1. The molecule has 1 N–H and O–H groups in total. The molecule has 1 fully saturated rings. The molecule has 1 aromatic heterocycles. The molecule has 0 aliphatic heterocycles. The van der Waals surface area contributed by atoms with Gasteiger partial charge in [0.15, 0.2) is 0 Å². The molecule has 1 amide bonds. The van der Waals surface area contributed by atoms with Crippen molar-refractivity contribution in [1.29, 1.82) is 0 Å². The van der Waals surface area contributed by atoms with Crippen molar-refractivity contribution in [3.63, 3.8) is 0 Å². The van der Waals surface area contributed by atoms with Gasteiger partial charge in [-0.15, -0.1) is 0 Å². The van der Waals surface area contributed by atoms with Gasteiger partial charge in [0, 0.05) is 12.6 Å². The van der Waals surface area contributed by atoms with Crippen molar-refractivity contribution < 1.29 is 18.0 Å². The Bertz CT molecular complexity index is 812. The van der Waals surface area contributed by atoms with E-state index in [-0.39, 0.29) is 18.5 Å². The number of nitrogens with zero attached hydrogens (tertiary/aromatic N) is 2. The normalized spacial score (nSPS) is 14.3. The Morgan fingerprint density at radius 2 is 2.04 bits per heavy atom. The maximum absolute atomic E-state index is 14.0. The van der Waals surface area contributed by atoms with E-state index in [1.54, 1.807) is 0 Å². The number of rotatable bonds is 6. The lowest BCUT2D eigenvalue weighted by molar-refractivity contribution is 0.0712. The number of halogens is 3. The van der Waals surface area contributed by atoms with E-state index in [1.165, 1.54) is 4.90 Å². The Morgan fingerprint density at radius 3 is 2.62 bits per heavy atom. The van der Waals surface area contributed by atoms with Crippen LogP contribution in [0.2, 0.25) is 0 Å². The molecule has 0 unspecified atom stereocenters. The fourth-order valence-electron chi connectivity index (χ4n) is 3.21. The van der Waals surface area contributed by atoms with Gasteiger partial charge in [-0.2, -0.15) is 9.49 Å². The summed E-state index contributed by atoms with van der Waals surface area (Å²) in [5.41, 5.74) is 1.63. The van der Waals surface area contributed by atoms with E-state index in [2.05, 4.69) is 18.9 Å². The minimum Gasteiger partial charge on any atom is -0.331 e. The molecule has 0 atom stereocenters. The Balaban J connectivity index is 1.96. The summed E-state index contributed by atoms with van der Waals surface area (Å²) in [7, 11) is 0. The molecule has 1 aliphatic carbocycles. The summed E-state index contributed by atoms with van der Waals surface area (Å²) in [6.07, 6.45) is -1.43. The van der Waals surface area contributed by atoms with Crippen molar-refractivity contribution in [2.75, 3.05) is 0 Å².